The number of hydrogen-bond donors (Lipinski definition) is 2. The minimum atomic E-state index is -0.517. The summed E-state index contributed by atoms with van der Waals surface area (Å²) >= 11 is 12.0. The summed E-state index contributed by atoms with van der Waals surface area (Å²) in [6.07, 6.45) is 0. The molecule has 0 radical (unpaired) electrons. The molecule has 1 atom stereocenters. The molecular weight excluding hydrogens is 351 g/mol. The lowest BCUT2D eigenvalue weighted by atomic mass is 10.2. The highest BCUT2D eigenvalue weighted by molar-refractivity contribution is 6.44. The van der Waals surface area contributed by atoms with Crippen LogP contribution in [0.15, 0.2) is 36.4 Å². The Morgan fingerprint density at radius 3 is 2.29 bits per heavy atom. The number of benzene rings is 2. The Morgan fingerprint density at radius 1 is 1.08 bits per heavy atom. The molecule has 0 spiro atoms. The Balaban J connectivity index is 2.10. The zero-order valence-electron chi connectivity index (χ0n) is 13.5. The van der Waals surface area contributed by atoms with Crippen molar-refractivity contribution in [1.29, 1.82) is 0 Å². The lowest BCUT2D eigenvalue weighted by Gasteiger charge is -2.17. The van der Waals surface area contributed by atoms with E-state index in [1.807, 2.05) is 0 Å². The van der Waals surface area contributed by atoms with Gasteiger partial charge in [0.2, 0.25) is 5.91 Å². The highest BCUT2D eigenvalue weighted by Crippen LogP contribution is 2.30. The Bertz CT molecular complexity index is 716. The Hall–Kier alpha value is -2.11. The first-order chi connectivity index (χ1) is 11.4. The fraction of sp³-hybridized carbons (Fsp3) is 0.235. The summed E-state index contributed by atoms with van der Waals surface area (Å²) in [5.41, 5.74) is 1.16. The number of anilines is 2. The summed E-state index contributed by atoms with van der Waals surface area (Å²) in [5, 5.41) is 6.54. The van der Waals surface area contributed by atoms with E-state index in [4.69, 9.17) is 32.7 Å². The summed E-state index contributed by atoms with van der Waals surface area (Å²) < 4.78 is 10.4. The largest absolute Gasteiger partial charge is 0.497 e. The molecule has 0 heterocycles. The molecular formula is C17H18Cl2N2O3. The molecule has 0 saturated carbocycles. The van der Waals surface area contributed by atoms with E-state index in [0.717, 1.165) is 0 Å². The van der Waals surface area contributed by atoms with Crippen molar-refractivity contribution in [3.63, 3.8) is 0 Å². The summed E-state index contributed by atoms with van der Waals surface area (Å²) in [7, 11) is 3.13. The molecule has 1 unspecified atom stereocenters. The molecule has 5 nitrogen and oxygen atoms in total. The first kappa shape index (κ1) is 18.2. The summed E-state index contributed by atoms with van der Waals surface area (Å²) in [5.74, 6) is 1.01. The van der Waals surface area contributed by atoms with Crippen LogP contribution >= 0.6 is 23.2 Å². The van der Waals surface area contributed by atoms with Crippen LogP contribution in [0.4, 0.5) is 11.4 Å². The van der Waals surface area contributed by atoms with Gasteiger partial charge in [-0.25, -0.2) is 0 Å². The van der Waals surface area contributed by atoms with Gasteiger partial charge in [-0.2, -0.15) is 0 Å². The van der Waals surface area contributed by atoms with Gasteiger partial charge in [-0.05, 0) is 19.1 Å². The van der Waals surface area contributed by atoms with Gasteiger partial charge >= 0.3 is 0 Å². The molecule has 0 aliphatic carbocycles. The maximum absolute atomic E-state index is 12.4. The summed E-state index contributed by atoms with van der Waals surface area (Å²) in [6, 6.07) is 9.85. The normalized spacial score (nSPS) is 11.5. The van der Waals surface area contributed by atoms with E-state index in [-0.39, 0.29) is 5.91 Å². The second kappa shape index (κ2) is 8.13. The maximum Gasteiger partial charge on any atom is 0.246 e. The molecule has 24 heavy (non-hydrogen) atoms. The number of carbonyl (C=O) groups excluding carboxylic acids is 1. The SMILES string of the molecule is COc1cc(NC(C)C(=O)Nc2cccc(Cl)c2Cl)cc(OC)c1. The second-order valence-corrected chi connectivity index (χ2v) is 5.84. The first-order valence-corrected chi connectivity index (χ1v) is 7.94. The Labute approximate surface area is 150 Å². The molecule has 128 valence electrons. The van der Waals surface area contributed by atoms with Crippen molar-refractivity contribution in [2.75, 3.05) is 24.9 Å². The minimum absolute atomic E-state index is 0.249. The van der Waals surface area contributed by atoms with Crippen molar-refractivity contribution >= 4 is 40.5 Å². The van der Waals surface area contributed by atoms with Crippen LogP contribution in [-0.2, 0) is 4.79 Å². The fourth-order valence-corrected chi connectivity index (χ4v) is 2.40. The van der Waals surface area contributed by atoms with E-state index < -0.39 is 6.04 Å². The van der Waals surface area contributed by atoms with Crippen LogP contribution in [-0.4, -0.2) is 26.2 Å². The van der Waals surface area contributed by atoms with Crippen molar-refractivity contribution in [1.82, 2.24) is 0 Å². The van der Waals surface area contributed by atoms with E-state index in [1.165, 1.54) is 0 Å². The average molecular weight is 369 g/mol. The average Bonchev–Trinajstić information content (AvgIpc) is 2.58. The number of ether oxygens (including phenoxy) is 2. The number of halogens is 2. The number of hydrogen-bond acceptors (Lipinski definition) is 4. The number of rotatable bonds is 6. The summed E-state index contributed by atoms with van der Waals surface area (Å²) in [4.78, 5) is 12.4. The van der Waals surface area contributed by atoms with Crippen LogP contribution < -0.4 is 20.1 Å². The summed E-state index contributed by atoms with van der Waals surface area (Å²) in [6.45, 7) is 1.74. The maximum atomic E-state index is 12.4. The van der Waals surface area contributed by atoms with Crippen molar-refractivity contribution < 1.29 is 14.3 Å². The lowest BCUT2D eigenvalue weighted by Crippen LogP contribution is -2.32. The molecule has 0 aliphatic heterocycles. The van der Waals surface area contributed by atoms with E-state index in [0.29, 0.717) is 32.9 Å². The van der Waals surface area contributed by atoms with Gasteiger partial charge in [0, 0.05) is 23.9 Å². The highest BCUT2D eigenvalue weighted by Gasteiger charge is 2.16. The highest BCUT2D eigenvalue weighted by atomic mass is 35.5. The van der Waals surface area contributed by atoms with Crippen molar-refractivity contribution in [3.05, 3.63) is 46.4 Å². The molecule has 0 fully saturated rings. The molecule has 2 N–H and O–H groups in total. The third kappa shape index (κ3) is 4.46. The van der Waals surface area contributed by atoms with Crippen molar-refractivity contribution in [3.8, 4) is 11.5 Å². The van der Waals surface area contributed by atoms with Crippen LogP contribution in [0.5, 0.6) is 11.5 Å². The molecule has 0 aliphatic rings. The van der Waals surface area contributed by atoms with Crippen LogP contribution in [0.25, 0.3) is 0 Å². The zero-order valence-corrected chi connectivity index (χ0v) is 15.0. The van der Waals surface area contributed by atoms with Gasteiger partial charge in [0.25, 0.3) is 0 Å². The molecule has 7 heteroatoms. The van der Waals surface area contributed by atoms with E-state index in [9.17, 15) is 4.79 Å². The molecule has 0 aromatic heterocycles. The third-order valence-electron chi connectivity index (χ3n) is 3.34. The van der Waals surface area contributed by atoms with E-state index >= 15 is 0 Å². The van der Waals surface area contributed by atoms with Crippen LogP contribution in [0.3, 0.4) is 0 Å². The molecule has 0 saturated heterocycles. The fourth-order valence-electron chi connectivity index (χ4n) is 2.05. The Kier molecular flexibility index (Phi) is 6.17. The van der Waals surface area contributed by atoms with Crippen molar-refractivity contribution in [2.45, 2.75) is 13.0 Å². The molecule has 2 aromatic carbocycles. The van der Waals surface area contributed by atoms with Gasteiger partial charge in [-0.1, -0.05) is 29.3 Å². The van der Waals surface area contributed by atoms with Gasteiger partial charge in [-0.3, -0.25) is 4.79 Å². The third-order valence-corrected chi connectivity index (χ3v) is 4.16. The Morgan fingerprint density at radius 2 is 1.71 bits per heavy atom. The van der Waals surface area contributed by atoms with Gasteiger partial charge in [-0.15, -0.1) is 0 Å². The molecule has 2 rings (SSSR count). The monoisotopic (exact) mass is 368 g/mol. The predicted octanol–water partition coefficient (Wildman–Crippen LogP) is 4.45. The number of carbonyl (C=O) groups is 1. The number of nitrogens with one attached hydrogen (secondary N) is 2. The van der Waals surface area contributed by atoms with E-state index in [1.54, 1.807) is 57.5 Å². The molecule has 0 bridgehead atoms. The van der Waals surface area contributed by atoms with Gasteiger partial charge in [0.05, 0.1) is 30.0 Å². The van der Waals surface area contributed by atoms with Gasteiger partial charge < -0.3 is 20.1 Å². The smallest absolute Gasteiger partial charge is 0.246 e. The van der Waals surface area contributed by atoms with Gasteiger partial charge in [0.15, 0.2) is 0 Å². The van der Waals surface area contributed by atoms with E-state index in [2.05, 4.69) is 10.6 Å². The van der Waals surface area contributed by atoms with Crippen LogP contribution in [0, 0.1) is 0 Å². The van der Waals surface area contributed by atoms with Crippen molar-refractivity contribution in [2.24, 2.45) is 0 Å². The van der Waals surface area contributed by atoms with Crippen LogP contribution in [0.2, 0.25) is 10.0 Å². The number of amides is 1. The standard InChI is InChI=1S/C17H18Cl2N2O3/c1-10(17(22)21-15-6-4-5-14(18)16(15)19)20-11-7-12(23-2)9-13(8-11)24-3/h4-10,20H,1-3H3,(H,21,22). The predicted molar refractivity (Wildman–Crippen MR) is 97.7 cm³/mol. The topological polar surface area (TPSA) is 59.6 Å². The quantitative estimate of drug-likeness (QED) is 0.790. The molecule has 2 aromatic rings. The second-order valence-electron chi connectivity index (χ2n) is 5.06. The zero-order chi connectivity index (χ0) is 17.7. The van der Waals surface area contributed by atoms with Crippen LogP contribution in [0.1, 0.15) is 6.92 Å². The van der Waals surface area contributed by atoms with Gasteiger partial charge in [0.1, 0.15) is 17.5 Å². The lowest BCUT2D eigenvalue weighted by molar-refractivity contribution is -0.116. The minimum Gasteiger partial charge on any atom is -0.497 e. The first-order valence-electron chi connectivity index (χ1n) is 7.19. The molecule has 1 amide bonds. The number of methoxy groups -OCH3 is 2.